The van der Waals surface area contributed by atoms with Crippen LogP contribution in [0.4, 0.5) is 4.39 Å². The SMILES string of the molecule is C[C@@]1(O)CC[C@@]2(F)[C@H](CC[C@H]3[C@@H]4CC[C@H](C(=O)O)[C@@]4(C)CC[C@@H]32)C1. The molecule has 24 heavy (non-hydrogen) atoms. The molecule has 0 aromatic heterocycles. The molecule has 0 aromatic rings. The Kier molecular flexibility index (Phi) is 3.63. The van der Waals surface area contributed by atoms with Crippen LogP contribution in [0.2, 0.25) is 0 Å². The molecule has 4 fully saturated rings. The van der Waals surface area contributed by atoms with E-state index in [2.05, 4.69) is 6.92 Å². The number of rotatable bonds is 1. The first kappa shape index (κ1) is 16.8. The van der Waals surface area contributed by atoms with Crippen LogP contribution in [-0.4, -0.2) is 27.5 Å². The number of carboxylic acids is 1. The van der Waals surface area contributed by atoms with Gasteiger partial charge in [-0.25, -0.2) is 4.39 Å². The van der Waals surface area contributed by atoms with Crippen LogP contribution >= 0.6 is 0 Å². The van der Waals surface area contributed by atoms with Gasteiger partial charge in [0.25, 0.3) is 0 Å². The van der Waals surface area contributed by atoms with Crippen molar-refractivity contribution in [1.82, 2.24) is 0 Å². The number of aliphatic hydroxyl groups is 1. The molecule has 0 unspecified atom stereocenters. The second-order valence-corrected chi connectivity index (χ2v) is 9.79. The molecular weight excluding hydrogens is 307 g/mol. The van der Waals surface area contributed by atoms with Crippen molar-refractivity contribution >= 4 is 5.97 Å². The average molecular weight is 338 g/mol. The third-order valence-electron chi connectivity index (χ3n) is 8.61. The number of halogens is 1. The smallest absolute Gasteiger partial charge is 0.307 e. The quantitative estimate of drug-likeness (QED) is 0.754. The van der Waals surface area contributed by atoms with E-state index in [9.17, 15) is 15.0 Å². The van der Waals surface area contributed by atoms with Gasteiger partial charge in [-0.1, -0.05) is 6.92 Å². The molecule has 2 N–H and O–H groups in total. The lowest BCUT2D eigenvalue weighted by molar-refractivity contribution is -0.169. The van der Waals surface area contributed by atoms with Gasteiger partial charge in [-0.3, -0.25) is 4.79 Å². The molecular formula is C20H31FO3. The first-order chi connectivity index (χ1) is 11.2. The highest BCUT2D eigenvalue weighted by atomic mass is 19.1. The molecule has 0 bridgehead atoms. The molecule has 0 aliphatic heterocycles. The Morgan fingerprint density at radius 2 is 1.75 bits per heavy atom. The Morgan fingerprint density at radius 3 is 2.46 bits per heavy atom. The third kappa shape index (κ3) is 2.21. The van der Waals surface area contributed by atoms with E-state index >= 15 is 4.39 Å². The number of hydrogen-bond donors (Lipinski definition) is 2. The highest BCUT2D eigenvalue weighted by Gasteiger charge is 2.63. The minimum Gasteiger partial charge on any atom is -0.481 e. The number of hydrogen-bond acceptors (Lipinski definition) is 2. The summed E-state index contributed by atoms with van der Waals surface area (Å²) in [6.07, 6.45) is 6.90. The molecule has 0 heterocycles. The van der Waals surface area contributed by atoms with Crippen molar-refractivity contribution < 1.29 is 19.4 Å². The van der Waals surface area contributed by atoms with Crippen molar-refractivity contribution in [3.8, 4) is 0 Å². The third-order valence-corrected chi connectivity index (χ3v) is 8.61. The summed E-state index contributed by atoms with van der Waals surface area (Å²) in [5, 5.41) is 20.0. The van der Waals surface area contributed by atoms with Crippen molar-refractivity contribution in [2.75, 3.05) is 0 Å². The average Bonchev–Trinajstić information content (AvgIpc) is 2.85. The van der Waals surface area contributed by atoms with Crippen LogP contribution in [0.5, 0.6) is 0 Å². The minimum absolute atomic E-state index is 0.0106. The number of carboxylic acid groups (broad SMARTS) is 1. The Balaban J connectivity index is 1.61. The second-order valence-electron chi connectivity index (χ2n) is 9.79. The lowest BCUT2D eigenvalue weighted by Gasteiger charge is -2.59. The summed E-state index contributed by atoms with van der Waals surface area (Å²) in [6.45, 7) is 4.01. The first-order valence-corrected chi connectivity index (χ1v) is 9.81. The van der Waals surface area contributed by atoms with Crippen molar-refractivity contribution in [3.05, 3.63) is 0 Å². The first-order valence-electron chi connectivity index (χ1n) is 9.81. The fourth-order valence-corrected chi connectivity index (χ4v) is 7.38. The molecule has 0 spiro atoms. The molecule has 0 saturated heterocycles. The molecule has 4 heteroatoms. The lowest BCUT2D eigenvalue weighted by Crippen LogP contribution is -2.58. The van der Waals surface area contributed by atoms with E-state index in [1.54, 1.807) is 0 Å². The fraction of sp³-hybridized carbons (Fsp3) is 0.950. The van der Waals surface area contributed by atoms with Gasteiger partial charge in [0.15, 0.2) is 0 Å². The van der Waals surface area contributed by atoms with Gasteiger partial charge in [0.1, 0.15) is 5.67 Å². The van der Waals surface area contributed by atoms with E-state index in [0.717, 1.165) is 38.5 Å². The molecule has 136 valence electrons. The Morgan fingerprint density at radius 1 is 1.00 bits per heavy atom. The van der Waals surface area contributed by atoms with E-state index < -0.39 is 17.2 Å². The van der Waals surface area contributed by atoms with Crippen LogP contribution in [0.15, 0.2) is 0 Å². The Bertz CT molecular complexity index is 547. The summed E-state index contributed by atoms with van der Waals surface area (Å²) in [4.78, 5) is 11.7. The normalized spacial score (nSPS) is 56.9. The van der Waals surface area contributed by atoms with Crippen molar-refractivity contribution in [2.45, 2.75) is 82.9 Å². The van der Waals surface area contributed by atoms with E-state index in [1.165, 1.54) is 0 Å². The number of aliphatic carboxylic acids is 1. The van der Waals surface area contributed by atoms with Crippen LogP contribution in [0.25, 0.3) is 0 Å². The number of alkyl halides is 1. The highest BCUT2D eigenvalue weighted by Crippen LogP contribution is 2.66. The maximum Gasteiger partial charge on any atom is 0.307 e. The molecule has 4 rings (SSSR count). The molecule has 4 saturated carbocycles. The maximum absolute atomic E-state index is 16.1. The van der Waals surface area contributed by atoms with Crippen LogP contribution in [0.3, 0.4) is 0 Å². The largest absolute Gasteiger partial charge is 0.481 e. The Labute approximate surface area is 144 Å². The van der Waals surface area contributed by atoms with E-state index in [0.29, 0.717) is 31.1 Å². The van der Waals surface area contributed by atoms with Gasteiger partial charge in [-0.15, -0.1) is 0 Å². The summed E-state index contributed by atoms with van der Waals surface area (Å²) >= 11 is 0. The molecule has 4 aliphatic carbocycles. The van der Waals surface area contributed by atoms with Crippen LogP contribution in [0, 0.1) is 35.0 Å². The van der Waals surface area contributed by atoms with Gasteiger partial charge in [0, 0.05) is 0 Å². The molecule has 0 aromatic carbocycles. The predicted molar refractivity (Wildman–Crippen MR) is 89.2 cm³/mol. The molecule has 0 amide bonds. The molecule has 3 nitrogen and oxygen atoms in total. The van der Waals surface area contributed by atoms with E-state index in [4.69, 9.17) is 0 Å². The number of carbonyl (C=O) groups is 1. The van der Waals surface area contributed by atoms with Gasteiger partial charge in [-0.05, 0) is 93.8 Å². The van der Waals surface area contributed by atoms with Crippen molar-refractivity contribution in [3.63, 3.8) is 0 Å². The summed E-state index contributed by atoms with van der Waals surface area (Å²) in [7, 11) is 0. The van der Waals surface area contributed by atoms with Crippen molar-refractivity contribution in [1.29, 1.82) is 0 Å². The van der Waals surface area contributed by atoms with Gasteiger partial charge in [0.05, 0.1) is 11.5 Å². The zero-order chi connectivity index (χ0) is 17.3. The van der Waals surface area contributed by atoms with E-state index in [1.807, 2.05) is 6.92 Å². The second kappa shape index (κ2) is 5.18. The summed E-state index contributed by atoms with van der Waals surface area (Å²) < 4.78 is 16.1. The standard InChI is InChI=1S/C20H31FO3/c1-18(24)9-10-20(21)12(11-18)3-4-13-14-5-6-16(17(22)23)19(14,2)8-7-15(13)20/h12-16,24H,3-11H2,1-2H3,(H,22,23)/t12-,13+,14+,15+,16-,18-,19+,20-/m1/s1. The van der Waals surface area contributed by atoms with Crippen molar-refractivity contribution in [2.24, 2.45) is 35.0 Å². The van der Waals surface area contributed by atoms with Crippen LogP contribution in [0.1, 0.15) is 71.6 Å². The van der Waals surface area contributed by atoms with Crippen LogP contribution < -0.4 is 0 Å². The summed E-state index contributed by atoms with van der Waals surface area (Å²) in [5.74, 6) is -0.119. The predicted octanol–water partition coefficient (Wildman–Crippen LogP) is 4.18. The Hall–Kier alpha value is -0.640. The van der Waals surface area contributed by atoms with Gasteiger partial charge in [0.2, 0.25) is 0 Å². The fourth-order valence-electron chi connectivity index (χ4n) is 7.38. The maximum atomic E-state index is 16.1. The van der Waals surface area contributed by atoms with Gasteiger partial charge in [-0.2, -0.15) is 0 Å². The summed E-state index contributed by atoms with van der Waals surface area (Å²) in [6, 6.07) is 0. The summed E-state index contributed by atoms with van der Waals surface area (Å²) in [5.41, 5.74) is -1.98. The molecule has 0 radical (unpaired) electrons. The van der Waals surface area contributed by atoms with Gasteiger partial charge >= 0.3 is 5.97 Å². The monoisotopic (exact) mass is 338 g/mol. The topological polar surface area (TPSA) is 57.5 Å². The highest BCUT2D eigenvalue weighted by molar-refractivity contribution is 5.71. The molecule has 8 atom stereocenters. The zero-order valence-corrected chi connectivity index (χ0v) is 14.9. The lowest BCUT2D eigenvalue weighted by atomic mass is 9.48. The zero-order valence-electron chi connectivity index (χ0n) is 14.9. The van der Waals surface area contributed by atoms with Gasteiger partial charge < -0.3 is 10.2 Å². The molecule has 4 aliphatic rings. The van der Waals surface area contributed by atoms with Crippen LogP contribution in [-0.2, 0) is 4.79 Å². The van der Waals surface area contributed by atoms with E-state index in [-0.39, 0.29) is 23.2 Å². The minimum atomic E-state index is -1.13. The number of fused-ring (bicyclic) bond motifs is 5.